The summed E-state index contributed by atoms with van der Waals surface area (Å²) >= 11 is 6.01. The van der Waals surface area contributed by atoms with Gasteiger partial charge in [-0.15, -0.1) is 0 Å². The van der Waals surface area contributed by atoms with Gasteiger partial charge in [-0.3, -0.25) is 9.69 Å². The van der Waals surface area contributed by atoms with Crippen LogP contribution in [0.1, 0.15) is 32.2 Å². The summed E-state index contributed by atoms with van der Waals surface area (Å²) in [5.74, 6) is 1.09. The summed E-state index contributed by atoms with van der Waals surface area (Å²) in [4.78, 5) is 19.0. The Morgan fingerprint density at radius 2 is 2.08 bits per heavy atom. The Labute approximate surface area is 154 Å². The van der Waals surface area contributed by atoms with Gasteiger partial charge in [0.15, 0.2) is 0 Å². The van der Waals surface area contributed by atoms with E-state index in [0.717, 1.165) is 18.7 Å². The highest BCUT2D eigenvalue weighted by Crippen LogP contribution is 2.24. The molecule has 1 aromatic carbocycles. The number of halogens is 1. The maximum absolute atomic E-state index is 12.2. The lowest BCUT2D eigenvalue weighted by Crippen LogP contribution is -2.42. The van der Waals surface area contributed by atoms with Crippen molar-refractivity contribution in [2.45, 2.75) is 40.2 Å². The molecule has 2 aromatic rings. The highest BCUT2D eigenvalue weighted by molar-refractivity contribution is 6.30. The van der Waals surface area contributed by atoms with Crippen molar-refractivity contribution in [1.29, 1.82) is 0 Å². The average molecular weight is 364 g/mol. The van der Waals surface area contributed by atoms with Gasteiger partial charge in [0, 0.05) is 23.2 Å². The molecule has 0 aliphatic rings. The van der Waals surface area contributed by atoms with Gasteiger partial charge in [-0.25, -0.2) is 4.98 Å². The van der Waals surface area contributed by atoms with Crippen molar-refractivity contribution in [3.63, 3.8) is 0 Å². The minimum Gasteiger partial charge on any atom is -0.441 e. The fraction of sp³-hybridized carbons (Fsp3) is 0.474. The summed E-state index contributed by atoms with van der Waals surface area (Å²) in [5, 5.41) is 3.61. The van der Waals surface area contributed by atoms with Crippen molar-refractivity contribution in [3.05, 3.63) is 40.7 Å². The molecule has 0 saturated heterocycles. The summed E-state index contributed by atoms with van der Waals surface area (Å²) in [6.45, 7) is 10.8. The van der Waals surface area contributed by atoms with E-state index in [1.807, 2.05) is 19.1 Å². The molecule has 0 fully saturated rings. The Morgan fingerprint density at radius 3 is 2.72 bits per heavy atom. The molecule has 1 heterocycles. The van der Waals surface area contributed by atoms with Crippen LogP contribution in [0.2, 0.25) is 5.02 Å². The first-order chi connectivity index (χ1) is 11.9. The number of hydrogen-bond donors (Lipinski definition) is 1. The van der Waals surface area contributed by atoms with Gasteiger partial charge >= 0.3 is 0 Å². The van der Waals surface area contributed by atoms with Gasteiger partial charge in [-0.1, -0.05) is 31.5 Å². The van der Waals surface area contributed by atoms with Crippen LogP contribution in [-0.2, 0) is 11.2 Å². The van der Waals surface area contributed by atoms with Crippen LogP contribution in [0.25, 0.3) is 11.5 Å². The van der Waals surface area contributed by atoms with Crippen LogP contribution in [0.15, 0.2) is 28.7 Å². The second kappa shape index (κ2) is 9.02. The van der Waals surface area contributed by atoms with Crippen LogP contribution < -0.4 is 5.32 Å². The average Bonchev–Trinajstić information content (AvgIpc) is 2.95. The lowest BCUT2D eigenvalue weighted by atomic mass is 10.2. The minimum absolute atomic E-state index is 0.0481. The maximum Gasteiger partial charge on any atom is 0.226 e. The molecule has 0 aliphatic heterocycles. The van der Waals surface area contributed by atoms with E-state index in [9.17, 15) is 4.79 Å². The van der Waals surface area contributed by atoms with Gasteiger partial charge in [-0.05, 0) is 45.1 Å². The number of aromatic nitrogens is 1. The molecule has 0 spiro atoms. The number of carbonyl (C=O) groups excluding carboxylic acids is 1. The number of likely N-dealkylation sites (N-methyl/N-ethyl adjacent to an activating group) is 1. The largest absolute Gasteiger partial charge is 0.441 e. The van der Waals surface area contributed by atoms with Crippen LogP contribution >= 0.6 is 11.6 Å². The standard InChI is InChI=1S/C19H26ClN3O2/c1-5-23(6-2)13(3)12-21-18(24)11-17-14(4)25-19(22-17)15-8-7-9-16(20)10-15/h7-10,13H,5-6,11-12H2,1-4H3,(H,21,24). The molecular formula is C19H26ClN3O2. The van der Waals surface area contributed by atoms with E-state index in [2.05, 4.69) is 36.0 Å². The third kappa shape index (κ3) is 5.31. The van der Waals surface area contributed by atoms with Gasteiger partial charge in [-0.2, -0.15) is 0 Å². The van der Waals surface area contributed by atoms with E-state index >= 15 is 0 Å². The van der Waals surface area contributed by atoms with E-state index < -0.39 is 0 Å². The number of nitrogens with one attached hydrogen (secondary N) is 1. The number of rotatable bonds is 8. The molecule has 136 valence electrons. The van der Waals surface area contributed by atoms with Gasteiger partial charge in [0.1, 0.15) is 5.76 Å². The summed E-state index contributed by atoms with van der Waals surface area (Å²) < 4.78 is 5.70. The molecule has 1 unspecified atom stereocenters. The summed E-state index contributed by atoms with van der Waals surface area (Å²) in [6.07, 6.45) is 0.209. The maximum atomic E-state index is 12.2. The zero-order valence-electron chi connectivity index (χ0n) is 15.3. The van der Waals surface area contributed by atoms with Gasteiger partial charge in [0.05, 0.1) is 12.1 Å². The number of carbonyl (C=O) groups is 1. The molecule has 1 atom stereocenters. The Kier molecular flexibility index (Phi) is 7.02. The van der Waals surface area contributed by atoms with Crippen LogP contribution in [0.3, 0.4) is 0 Å². The first-order valence-corrected chi connectivity index (χ1v) is 9.05. The monoisotopic (exact) mass is 363 g/mol. The SMILES string of the molecule is CCN(CC)C(C)CNC(=O)Cc1nc(-c2cccc(Cl)c2)oc1C. The Bertz CT molecular complexity index is 710. The van der Waals surface area contributed by atoms with E-state index in [1.54, 1.807) is 12.1 Å². The smallest absolute Gasteiger partial charge is 0.226 e. The molecule has 5 nitrogen and oxygen atoms in total. The first kappa shape index (κ1) is 19.5. The lowest BCUT2D eigenvalue weighted by molar-refractivity contribution is -0.120. The zero-order chi connectivity index (χ0) is 18.4. The molecule has 0 aliphatic carbocycles. The highest BCUT2D eigenvalue weighted by atomic mass is 35.5. The molecular weight excluding hydrogens is 338 g/mol. The fourth-order valence-corrected chi connectivity index (χ4v) is 2.98. The topological polar surface area (TPSA) is 58.4 Å². The van der Waals surface area contributed by atoms with E-state index in [1.165, 1.54) is 0 Å². The second-order valence-corrected chi connectivity index (χ2v) is 6.52. The number of oxazole rings is 1. The van der Waals surface area contributed by atoms with Crippen molar-refractivity contribution >= 4 is 17.5 Å². The number of aryl methyl sites for hydroxylation is 1. The second-order valence-electron chi connectivity index (χ2n) is 6.08. The number of amides is 1. The predicted octanol–water partition coefficient (Wildman–Crippen LogP) is 3.69. The van der Waals surface area contributed by atoms with Gasteiger partial charge in [0.25, 0.3) is 0 Å². The van der Waals surface area contributed by atoms with Crippen molar-refractivity contribution in [1.82, 2.24) is 15.2 Å². The van der Waals surface area contributed by atoms with Gasteiger partial charge in [0.2, 0.25) is 11.8 Å². The van der Waals surface area contributed by atoms with Crippen molar-refractivity contribution in [3.8, 4) is 11.5 Å². The van der Waals surface area contributed by atoms with E-state index in [0.29, 0.717) is 35.0 Å². The summed E-state index contributed by atoms with van der Waals surface area (Å²) in [6, 6.07) is 7.62. The Morgan fingerprint density at radius 1 is 1.36 bits per heavy atom. The molecule has 2 rings (SSSR count). The third-order valence-corrected chi connectivity index (χ3v) is 4.56. The first-order valence-electron chi connectivity index (χ1n) is 8.67. The third-order valence-electron chi connectivity index (χ3n) is 4.32. The molecule has 0 radical (unpaired) electrons. The van der Waals surface area contributed by atoms with Crippen molar-refractivity contribution < 1.29 is 9.21 Å². The molecule has 25 heavy (non-hydrogen) atoms. The molecule has 1 aromatic heterocycles. The predicted molar refractivity (Wildman–Crippen MR) is 101 cm³/mol. The normalized spacial score (nSPS) is 12.4. The van der Waals surface area contributed by atoms with Crippen molar-refractivity contribution in [2.24, 2.45) is 0 Å². The van der Waals surface area contributed by atoms with Crippen LogP contribution in [-0.4, -0.2) is 41.5 Å². The number of benzene rings is 1. The number of hydrogen-bond acceptors (Lipinski definition) is 4. The molecule has 0 bridgehead atoms. The number of nitrogens with zero attached hydrogens (tertiary/aromatic N) is 2. The fourth-order valence-electron chi connectivity index (χ4n) is 2.79. The summed E-state index contributed by atoms with van der Waals surface area (Å²) in [7, 11) is 0. The Hall–Kier alpha value is -1.85. The quantitative estimate of drug-likeness (QED) is 0.777. The lowest BCUT2D eigenvalue weighted by Gasteiger charge is -2.26. The van der Waals surface area contributed by atoms with E-state index in [-0.39, 0.29) is 12.3 Å². The molecule has 1 amide bonds. The molecule has 6 heteroatoms. The summed E-state index contributed by atoms with van der Waals surface area (Å²) in [5.41, 5.74) is 1.46. The zero-order valence-corrected chi connectivity index (χ0v) is 16.1. The van der Waals surface area contributed by atoms with Crippen molar-refractivity contribution in [2.75, 3.05) is 19.6 Å². The Balaban J connectivity index is 1.97. The van der Waals surface area contributed by atoms with E-state index in [4.69, 9.17) is 16.0 Å². The molecule has 0 saturated carbocycles. The highest BCUT2D eigenvalue weighted by Gasteiger charge is 2.16. The van der Waals surface area contributed by atoms with Crippen LogP contribution in [0.5, 0.6) is 0 Å². The van der Waals surface area contributed by atoms with Crippen LogP contribution in [0.4, 0.5) is 0 Å². The van der Waals surface area contributed by atoms with Crippen LogP contribution in [0, 0.1) is 6.92 Å². The minimum atomic E-state index is -0.0481. The molecule has 1 N–H and O–H groups in total. The van der Waals surface area contributed by atoms with Gasteiger partial charge < -0.3 is 9.73 Å².